The van der Waals surface area contributed by atoms with Crippen molar-refractivity contribution in [3.05, 3.63) is 47.3 Å². The Hall–Kier alpha value is -1.55. The van der Waals surface area contributed by atoms with Gasteiger partial charge in [0.05, 0.1) is 9.79 Å². The highest BCUT2D eigenvalue weighted by Gasteiger charge is 2.21. The zero-order valence-corrected chi connectivity index (χ0v) is 10.9. The van der Waals surface area contributed by atoms with E-state index >= 15 is 0 Å². The van der Waals surface area contributed by atoms with Crippen LogP contribution in [0.1, 0.15) is 17.0 Å². The predicted octanol–water partition coefficient (Wildman–Crippen LogP) is 2.77. The van der Waals surface area contributed by atoms with Crippen LogP contribution in [-0.4, -0.2) is 13.4 Å². The lowest BCUT2D eigenvalue weighted by Crippen LogP contribution is -2.02. The molecule has 0 atom stereocenters. The van der Waals surface area contributed by atoms with E-state index in [4.69, 9.17) is 0 Å². The van der Waals surface area contributed by atoms with Gasteiger partial charge in [-0.1, -0.05) is 17.7 Å². The van der Waals surface area contributed by atoms with E-state index in [9.17, 15) is 8.42 Å². The predicted molar refractivity (Wildman–Crippen MR) is 66.9 cm³/mol. The number of rotatable bonds is 2. The molecule has 0 bridgehead atoms. The van der Waals surface area contributed by atoms with Crippen molar-refractivity contribution in [3.8, 4) is 0 Å². The van der Waals surface area contributed by atoms with Gasteiger partial charge in [-0.3, -0.25) is 0 Å². The second-order valence-corrected chi connectivity index (χ2v) is 6.18. The number of hydrogen-bond donors (Lipinski definition) is 1. The van der Waals surface area contributed by atoms with Gasteiger partial charge in [-0.15, -0.1) is 0 Å². The molecule has 0 aliphatic carbocycles. The van der Waals surface area contributed by atoms with E-state index in [1.807, 2.05) is 26.0 Å². The van der Waals surface area contributed by atoms with Gasteiger partial charge < -0.3 is 4.98 Å². The average Bonchev–Trinajstić information content (AvgIpc) is 2.59. The molecule has 0 spiro atoms. The molecule has 17 heavy (non-hydrogen) atoms. The monoisotopic (exact) mass is 249 g/mol. The molecule has 1 N–H and O–H groups in total. The van der Waals surface area contributed by atoms with Gasteiger partial charge in [-0.2, -0.15) is 0 Å². The maximum atomic E-state index is 12.4. The molecule has 3 nitrogen and oxygen atoms in total. The summed E-state index contributed by atoms with van der Waals surface area (Å²) in [5.74, 6) is 0. The standard InChI is InChI=1S/C13H15NO2S/c1-9-4-6-12(7-5-9)17(15,16)13-8-10(2)14-11(13)3/h4-8,14H,1-3H3. The van der Waals surface area contributed by atoms with Crippen molar-refractivity contribution >= 4 is 9.84 Å². The molecule has 2 aromatic rings. The van der Waals surface area contributed by atoms with E-state index in [0.29, 0.717) is 15.5 Å². The Balaban J connectivity index is 2.57. The van der Waals surface area contributed by atoms with Gasteiger partial charge in [0.1, 0.15) is 0 Å². The smallest absolute Gasteiger partial charge is 0.208 e. The van der Waals surface area contributed by atoms with Crippen LogP contribution in [0.25, 0.3) is 0 Å². The molecule has 1 aromatic heterocycles. The lowest BCUT2D eigenvalue weighted by molar-refractivity contribution is 0.595. The van der Waals surface area contributed by atoms with Gasteiger partial charge in [0, 0.05) is 11.4 Å². The zero-order chi connectivity index (χ0) is 12.6. The van der Waals surface area contributed by atoms with Crippen LogP contribution in [0.4, 0.5) is 0 Å². The first-order chi connectivity index (χ1) is 7.91. The molecular weight excluding hydrogens is 234 g/mol. The Morgan fingerprint density at radius 1 is 1.00 bits per heavy atom. The van der Waals surface area contributed by atoms with E-state index in [-0.39, 0.29) is 0 Å². The molecule has 1 heterocycles. The van der Waals surface area contributed by atoms with Crippen LogP contribution in [0.15, 0.2) is 40.1 Å². The van der Waals surface area contributed by atoms with Crippen LogP contribution in [0.3, 0.4) is 0 Å². The fourth-order valence-corrected chi connectivity index (χ4v) is 3.36. The third-order valence-electron chi connectivity index (χ3n) is 2.72. The summed E-state index contributed by atoms with van der Waals surface area (Å²) in [6.45, 7) is 5.55. The minimum atomic E-state index is -3.40. The van der Waals surface area contributed by atoms with Crippen LogP contribution in [-0.2, 0) is 9.84 Å². The minimum Gasteiger partial charge on any atom is -0.362 e. The highest BCUT2D eigenvalue weighted by molar-refractivity contribution is 7.91. The Labute approximate surface area is 101 Å². The summed E-state index contributed by atoms with van der Waals surface area (Å²) < 4.78 is 24.7. The second-order valence-electron chi connectivity index (χ2n) is 4.26. The zero-order valence-electron chi connectivity index (χ0n) is 10.1. The summed E-state index contributed by atoms with van der Waals surface area (Å²) in [5, 5.41) is 0. The number of benzene rings is 1. The summed E-state index contributed by atoms with van der Waals surface area (Å²) in [7, 11) is -3.40. The largest absolute Gasteiger partial charge is 0.362 e. The molecule has 90 valence electrons. The summed E-state index contributed by atoms with van der Waals surface area (Å²) >= 11 is 0. The Kier molecular flexibility index (Phi) is 2.83. The van der Waals surface area contributed by atoms with E-state index < -0.39 is 9.84 Å². The second kappa shape index (κ2) is 4.04. The van der Waals surface area contributed by atoms with Crippen molar-refractivity contribution in [2.75, 3.05) is 0 Å². The van der Waals surface area contributed by atoms with Crippen molar-refractivity contribution in [2.24, 2.45) is 0 Å². The summed E-state index contributed by atoms with van der Waals surface area (Å²) in [6, 6.07) is 8.58. The fraction of sp³-hybridized carbons (Fsp3) is 0.231. The molecule has 0 aliphatic rings. The van der Waals surface area contributed by atoms with Gasteiger partial charge >= 0.3 is 0 Å². The highest BCUT2D eigenvalue weighted by atomic mass is 32.2. The molecule has 0 saturated heterocycles. The van der Waals surface area contributed by atoms with Crippen molar-refractivity contribution in [2.45, 2.75) is 30.6 Å². The number of aryl methyl sites for hydroxylation is 3. The average molecular weight is 249 g/mol. The molecular formula is C13H15NO2S. The summed E-state index contributed by atoms with van der Waals surface area (Å²) in [4.78, 5) is 3.71. The van der Waals surface area contributed by atoms with Crippen molar-refractivity contribution in [1.29, 1.82) is 0 Å². The third kappa shape index (κ3) is 2.13. The molecule has 0 aliphatic heterocycles. The molecule has 0 unspecified atom stereocenters. The first kappa shape index (κ1) is 11.9. The van der Waals surface area contributed by atoms with E-state index in [2.05, 4.69) is 4.98 Å². The van der Waals surface area contributed by atoms with Gasteiger partial charge in [0.15, 0.2) is 0 Å². The lowest BCUT2D eigenvalue weighted by Gasteiger charge is -2.03. The topological polar surface area (TPSA) is 49.9 Å². The highest BCUT2D eigenvalue weighted by Crippen LogP contribution is 2.24. The molecule has 0 saturated carbocycles. The molecule has 0 fully saturated rings. The number of H-pyrrole nitrogens is 1. The van der Waals surface area contributed by atoms with Crippen LogP contribution in [0.5, 0.6) is 0 Å². The Morgan fingerprint density at radius 2 is 1.59 bits per heavy atom. The third-order valence-corrected chi connectivity index (χ3v) is 4.62. The van der Waals surface area contributed by atoms with Crippen LogP contribution in [0.2, 0.25) is 0 Å². The molecule has 4 heteroatoms. The van der Waals surface area contributed by atoms with E-state index in [1.165, 1.54) is 0 Å². The van der Waals surface area contributed by atoms with E-state index in [0.717, 1.165) is 11.3 Å². The van der Waals surface area contributed by atoms with Crippen LogP contribution < -0.4 is 0 Å². The fourth-order valence-electron chi connectivity index (χ4n) is 1.82. The van der Waals surface area contributed by atoms with Crippen LogP contribution in [0, 0.1) is 20.8 Å². The van der Waals surface area contributed by atoms with Gasteiger partial charge in [0.25, 0.3) is 0 Å². The lowest BCUT2D eigenvalue weighted by atomic mass is 10.2. The molecule has 0 radical (unpaired) electrons. The van der Waals surface area contributed by atoms with Crippen LogP contribution >= 0.6 is 0 Å². The Morgan fingerprint density at radius 3 is 2.06 bits per heavy atom. The maximum Gasteiger partial charge on any atom is 0.208 e. The molecule has 1 aromatic carbocycles. The number of aromatic amines is 1. The van der Waals surface area contributed by atoms with Crippen molar-refractivity contribution < 1.29 is 8.42 Å². The quantitative estimate of drug-likeness (QED) is 0.889. The SMILES string of the molecule is Cc1ccc(S(=O)(=O)c2cc(C)[nH]c2C)cc1. The Bertz CT molecular complexity index is 637. The van der Waals surface area contributed by atoms with Crippen molar-refractivity contribution in [1.82, 2.24) is 4.98 Å². The van der Waals surface area contributed by atoms with E-state index in [1.54, 1.807) is 25.1 Å². The number of sulfone groups is 1. The van der Waals surface area contributed by atoms with Gasteiger partial charge in [-0.25, -0.2) is 8.42 Å². The van der Waals surface area contributed by atoms with Gasteiger partial charge in [0.2, 0.25) is 9.84 Å². The summed E-state index contributed by atoms with van der Waals surface area (Å²) in [6.07, 6.45) is 0. The maximum absolute atomic E-state index is 12.4. The first-order valence-electron chi connectivity index (χ1n) is 5.39. The molecule has 2 rings (SSSR count). The van der Waals surface area contributed by atoms with Gasteiger partial charge in [-0.05, 0) is 39.0 Å². The summed E-state index contributed by atoms with van der Waals surface area (Å²) in [5.41, 5.74) is 2.59. The normalized spacial score (nSPS) is 11.7. The number of hydrogen-bond acceptors (Lipinski definition) is 2. The number of aromatic nitrogens is 1. The first-order valence-corrected chi connectivity index (χ1v) is 6.87. The van der Waals surface area contributed by atoms with Crippen molar-refractivity contribution in [3.63, 3.8) is 0 Å². The molecule has 0 amide bonds. The number of nitrogens with one attached hydrogen (secondary N) is 1. The minimum absolute atomic E-state index is 0.338.